The molecule has 0 aliphatic carbocycles. The Morgan fingerprint density at radius 2 is 0.506 bits per heavy atom. The molecule has 0 aromatic carbocycles. The van der Waals surface area contributed by atoms with Gasteiger partial charge in [0.2, 0.25) is 0 Å². The molecule has 0 aliphatic rings. The Hall–Kier alpha value is -3.93. The molecule has 0 bridgehead atoms. The SMILES string of the molecule is CC/C=C\C/C=C\C/C=C\C/C=C\C/C=C\CCCCCCCCCCCCCC(=O)OCC(COC(=O)CCCCCCC/C=C\C/C=C\CCC)OC(=O)CCCCCCCCCCCCC/C=C\C/C=C\CCCCCCC. The molecule has 0 saturated carbocycles. The second-order valence-electron chi connectivity index (χ2n) is 22.7. The van der Waals surface area contributed by atoms with E-state index in [1.165, 1.54) is 161 Å². The molecule has 464 valence electrons. The fourth-order valence-corrected chi connectivity index (χ4v) is 9.60. The summed E-state index contributed by atoms with van der Waals surface area (Å²) in [7, 11) is 0. The van der Waals surface area contributed by atoms with Crippen molar-refractivity contribution in [1.82, 2.24) is 0 Å². The lowest BCUT2D eigenvalue weighted by Gasteiger charge is -2.18. The monoisotopic (exact) mass is 1120 g/mol. The van der Waals surface area contributed by atoms with Gasteiger partial charge in [-0.1, -0.05) is 297 Å². The van der Waals surface area contributed by atoms with Crippen LogP contribution in [0.4, 0.5) is 0 Å². The predicted octanol–water partition coefficient (Wildman–Crippen LogP) is 23.8. The van der Waals surface area contributed by atoms with E-state index in [1.54, 1.807) is 0 Å². The maximum atomic E-state index is 12.9. The van der Waals surface area contributed by atoms with Crippen LogP contribution >= 0.6 is 0 Å². The molecule has 0 fully saturated rings. The number of carbonyl (C=O) groups excluding carboxylic acids is 3. The summed E-state index contributed by atoms with van der Waals surface area (Å²) in [5.74, 6) is -0.893. The van der Waals surface area contributed by atoms with Crippen LogP contribution in [0.2, 0.25) is 0 Å². The number of hydrogen-bond acceptors (Lipinski definition) is 6. The highest BCUT2D eigenvalue weighted by molar-refractivity contribution is 5.71. The third-order valence-electron chi connectivity index (χ3n) is 14.7. The molecule has 0 aromatic rings. The molecule has 0 spiro atoms. The van der Waals surface area contributed by atoms with Crippen LogP contribution in [0.1, 0.15) is 329 Å². The van der Waals surface area contributed by atoms with E-state index in [1.807, 2.05) is 0 Å². The number of hydrogen-bond donors (Lipinski definition) is 0. The van der Waals surface area contributed by atoms with Gasteiger partial charge in [0.1, 0.15) is 13.2 Å². The Balaban J connectivity index is 4.30. The zero-order valence-corrected chi connectivity index (χ0v) is 53.3. The predicted molar refractivity (Wildman–Crippen MR) is 353 cm³/mol. The average molecular weight is 1130 g/mol. The Kier molecular flexibility index (Phi) is 65.2. The van der Waals surface area contributed by atoms with Gasteiger partial charge in [0.05, 0.1) is 0 Å². The van der Waals surface area contributed by atoms with E-state index >= 15 is 0 Å². The van der Waals surface area contributed by atoms with E-state index in [0.717, 1.165) is 128 Å². The van der Waals surface area contributed by atoms with Crippen molar-refractivity contribution in [3.05, 3.63) is 109 Å². The molecule has 6 heteroatoms. The van der Waals surface area contributed by atoms with Crippen molar-refractivity contribution in [1.29, 1.82) is 0 Å². The van der Waals surface area contributed by atoms with Crippen LogP contribution in [-0.4, -0.2) is 37.2 Å². The van der Waals surface area contributed by atoms with E-state index in [0.29, 0.717) is 19.3 Å². The lowest BCUT2D eigenvalue weighted by Crippen LogP contribution is -2.30. The van der Waals surface area contributed by atoms with Crippen LogP contribution in [0.25, 0.3) is 0 Å². The van der Waals surface area contributed by atoms with Crippen molar-refractivity contribution < 1.29 is 28.6 Å². The summed E-state index contributed by atoms with van der Waals surface area (Å²) in [6, 6.07) is 0. The van der Waals surface area contributed by atoms with Gasteiger partial charge in [-0.05, 0) is 122 Å². The van der Waals surface area contributed by atoms with E-state index in [2.05, 4.69) is 130 Å². The van der Waals surface area contributed by atoms with Gasteiger partial charge in [-0.2, -0.15) is 0 Å². The summed E-state index contributed by atoms with van der Waals surface area (Å²) in [5.41, 5.74) is 0. The second-order valence-corrected chi connectivity index (χ2v) is 22.7. The first-order chi connectivity index (χ1) is 40.0. The summed E-state index contributed by atoms with van der Waals surface area (Å²) in [5, 5.41) is 0. The molecular formula is C75H128O6. The molecule has 6 nitrogen and oxygen atoms in total. The van der Waals surface area contributed by atoms with Crippen molar-refractivity contribution in [2.24, 2.45) is 0 Å². The normalized spacial score (nSPS) is 12.8. The summed E-state index contributed by atoms with van der Waals surface area (Å²) in [6.45, 7) is 6.47. The first kappa shape index (κ1) is 77.1. The number of ether oxygens (including phenoxy) is 3. The van der Waals surface area contributed by atoms with Crippen LogP contribution in [-0.2, 0) is 28.6 Å². The Labute approximate surface area is 501 Å². The topological polar surface area (TPSA) is 78.9 Å². The van der Waals surface area contributed by atoms with Gasteiger partial charge < -0.3 is 14.2 Å². The van der Waals surface area contributed by atoms with Gasteiger partial charge in [-0.3, -0.25) is 14.4 Å². The molecule has 0 aliphatic heterocycles. The maximum Gasteiger partial charge on any atom is 0.306 e. The third-order valence-corrected chi connectivity index (χ3v) is 14.7. The van der Waals surface area contributed by atoms with Gasteiger partial charge in [0, 0.05) is 19.3 Å². The van der Waals surface area contributed by atoms with E-state index in [9.17, 15) is 14.4 Å². The average Bonchev–Trinajstić information content (AvgIpc) is 3.46. The zero-order valence-electron chi connectivity index (χ0n) is 53.3. The Morgan fingerprint density at radius 3 is 0.802 bits per heavy atom. The number of esters is 3. The minimum absolute atomic E-state index is 0.0844. The first-order valence-electron chi connectivity index (χ1n) is 34.4. The van der Waals surface area contributed by atoms with Crippen LogP contribution in [0.3, 0.4) is 0 Å². The van der Waals surface area contributed by atoms with Crippen molar-refractivity contribution >= 4 is 17.9 Å². The van der Waals surface area contributed by atoms with E-state index in [4.69, 9.17) is 14.2 Å². The maximum absolute atomic E-state index is 12.9. The van der Waals surface area contributed by atoms with Crippen molar-refractivity contribution in [3.63, 3.8) is 0 Å². The van der Waals surface area contributed by atoms with Gasteiger partial charge >= 0.3 is 17.9 Å². The number of unbranched alkanes of at least 4 members (excludes halogenated alkanes) is 33. The summed E-state index contributed by atoms with van der Waals surface area (Å²) < 4.78 is 17.0. The van der Waals surface area contributed by atoms with E-state index < -0.39 is 6.10 Å². The van der Waals surface area contributed by atoms with Crippen LogP contribution in [0.15, 0.2) is 109 Å². The van der Waals surface area contributed by atoms with Crippen LogP contribution in [0.5, 0.6) is 0 Å². The van der Waals surface area contributed by atoms with Gasteiger partial charge in [0.25, 0.3) is 0 Å². The molecule has 0 rings (SSSR count). The fraction of sp³-hybridized carbons (Fsp3) is 0.720. The highest BCUT2D eigenvalue weighted by atomic mass is 16.6. The minimum Gasteiger partial charge on any atom is -0.462 e. The molecule has 0 N–H and O–H groups in total. The highest BCUT2D eigenvalue weighted by Gasteiger charge is 2.19. The van der Waals surface area contributed by atoms with Gasteiger partial charge in [0.15, 0.2) is 6.10 Å². The smallest absolute Gasteiger partial charge is 0.306 e. The minimum atomic E-state index is -0.789. The molecule has 0 heterocycles. The number of rotatable bonds is 62. The zero-order chi connectivity index (χ0) is 58.5. The summed E-state index contributed by atoms with van der Waals surface area (Å²) in [6.07, 6.45) is 93.9. The second kappa shape index (κ2) is 68.6. The quantitative estimate of drug-likeness (QED) is 0.0261. The molecule has 0 aromatic heterocycles. The van der Waals surface area contributed by atoms with Crippen LogP contribution in [0, 0.1) is 0 Å². The lowest BCUT2D eigenvalue weighted by atomic mass is 10.0. The number of allylic oxidation sites excluding steroid dienone is 18. The Bertz CT molecular complexity index is 1620. The molecule has 1 unspecified atom stereocenters. The van der Waals surface area contributed by atoms with Crippen molar-refractivity contribution in [3.8, 4) is 0 Å². The lowest BCUT2D eigenvalue weighted by molar-refractivity contribution is -0.167. The highest BCUT2D eigenvalue weighted by Crippen LogP contribution is 2.17. The largest absolute Gasteiger partial charge is 0.462 e. The Morgan fingerprint density at radius 1 is 0.259 bits per heavy atom. The van der Waals surface area contributed by atoms with Crippen LogP contribution < -0.4 is 0 Å². The van der Waals surface area contributed by atoms with Gasteiger partial charge in [-0.25, -0.2) is 0 Å². The summed E-state index contributed by atoms with van der Waals surface area (Å²) >= 11 is 0. The molecular weight excluding hydrogens is 997 g/mol. The summed E-state index contributed by atoms with van der Waals surface area (Å²) in [4.78, 5) is 38.4. The number of carbonyl (C=O) groups is 3. The third kappa shape index (κ3) is 66.8. The molecule has 0 radical (unpaired) electrons. The molecule has 81 heavy (non-hydrogen) atoms. The van der Waals surface area contributed by atoms with E-state index in [-0.39, 0.29) is 31.1 Å². The molecule has 1 atom stereocenters. The van der Waals surface area contributed by atoms with Crippen molar-refractivity contribution in [2.75, 3.05) is 13.2 Å². The molecule has 0 amide bonds. The van der Waals surface area contributed by atoms with Gasteiger partial charge in [-0.15, -0.1) is 0 Å². The fourth-order valence-electron chi connectivity index (χ4n) is 9.60. The van der Waals surface area contributed by atoms with Crippen molar-refractivity contribution in [2.45, 2.75) is 335 Å². The first-order valence-corrected chi connectivity index (χ1v) is 34.4. The molecule has 0 saturated heterocycles. The standard InChI is InChI=1S/C75H128O6/c1-4-7-10-13-16-19-22-25-27-29-31-33-35-36-37-38-40-41-43-45-47-50-53-56-59-62-65-68-74(77)80-71-72(70-79-73(76)67-64-61-58-55-52-49-24-21-18-15-12-9-6-3)81-75(78)69-66-63-60-57-54-51-48-46-44-42-39-34-32-30-28-26-23-20-17-14-11-8-5-2/h7,10,12,15-16,19,21,23-27,30-33,36-37,72H,4-6,8-9,11,13-14,17-18,20,22,28-29,34-35,38-71H2,1-3H3/b10-7-,15-12-,19-16-,24-21-,26-23-,27-25-,32-30-,33-31-,37-36-.